The first-order chi connectivity index (χ1) is 7.58. The van der Waals surface area contributed by atoms with E-state index in [0.29, 0.717) is 12.2 Å². The molecule has 1 aromatic carbocycles. The molecule has 1 rings (SSSR count). The van der Waals surface area contributed by atoms with Gasteiger partial charge in [-0.15, -0.1) is 0 Å². The number of carbonyl (C=O) groups excluding carboxylic acids is 1. The zero-order chi connectivity index (χ0) is 12.1. The maximum atomic E-state index is 11.2. The summed E-state index contributed by atoms with van der Waals surface area (Å²) in [6, 6.07) is 4.47. The maximum absolute atomic E-state index is 11.2. The Morgan fingerprint density at radius 1 is 1.44 bits per heavy atom. The Labute approximate surface area is 93.0 Å². The normalized spacial score (nSPS) is 9.62. The first-order valence-electron chi connectivity index (χ1n) is 4.79. The van der Waals surface area contributed by atoms with E-state index in [4.69, 9.17) is 9.84 Å². The molecule has 0 bridgehead atoms. The first kappa shape index (κ1) is 12.0. The van der Waals surface area contributed by atoms with Gasteiger partial charge >= 0.3 is 5.97 Å². The van der Waals surface area contributed by atoms with Crippen molar-refractivity contribution in [2.45, 2.75) is 13.3 Å². The molecular weight excluding hydrogens is 210 g/mol. The lowest BCUT2D eigenvalue weighted by atomic mass is 10.1. The van der Waals surface area contributed by atoms with Crippen molar-refractivity contribution < 1.29 is 19.4 Å². The Bertz CT molecular complexity index is 414. The molecule has 86 valence electrons. The van der Waals surface area contributed by atoms with E-state index in [0.717, 1.165) is 0 Å². The summed E-state index contributed by atoms with van der Waals surface area (Å²) in [7, 11) is 1.45. The molecule has 1 aromatic rings. The number of methoxy groups -OCH3 is 1. The summed E-state index contributed by atoms with van der Waals surface area (Å²) in [5, 5.41) is 11.5. The molecule has 0 fully saturated rings. The predicted molar refractivity (Wildman–Crippen MR) is 58.9 cm³/mol. The molecule has 0 aliphatic carbocycles. The van der Waals surface area contributed by atoms with E-state index in [9.17, 15) is 9.59 Å². The van der Waals surface area contributed by atoms with E-state index in [1.54, 1.807) is 13.0 Å². The van der Waals surface area contributed by atoms with Crippen LogP contribution < -0.4 is 10.1 Å². The van der Waals surface area contributed by atoms with Crippen LogP contribution in [-0.2, 0) is 4.79 Å². The van der Waals surface area contributed by atoms with Gasteiger partial charge in [-0.1, -0.05) is 6.92 Å². The number of carbonyl (C=O) groups is 2. The van der Waals surface area contributed by atoms with Gasteiger partial charge in [-0.3, -0.25) is 4.79 Å². The topological polar surface area (TPSA) is 75.6 Å². The minimum absolute atomic E-state index is 0.0150. The molecule has 0 aliphatic rings. The summed E-state index contributed by atoms with van der Waals surface area (Å²) in [5.41, 5.74) is 0.293. The minimum Gasteiger partial charge on any atom is -0.497 e. The van der Waals surface area contributed by atoms with Crippen molar-refractivity contribution in [1.29, 1.82) is 0 Å². The number of hydrogen-bond donors (Lipinski definition) is 2. The molecule has 5 heteroatoms. The van der Waals surface area contributed by atoms with Crippen molar-refractivity contribution in [1.82, 2.24) is 0 Å². The van der Waals surface area contributed by atoms with Gasteiger partial charge in [-0.2, -0.15) is 0 Å². The fourth-order valence-corrected chi connectivity index (χ4v) is 1.17. The Hall–Kier alpha value is -2.04. The third-order valence-corrected chi connectivity index (χ3v) is 2.05. The zero-order valence-electron chi connectivity index (χ0n) is 9.11. The van der Waals surface area contributed by atoms with E-state index in [1.807, 2.05) is 0 Å². The molecule has 0 radical (unpaired) electrons. The average molecular weight is 223 g/mol. The van der Waals surface area contributed by atoms with Crippen molar-refractivity contribution in [2.24, 2.45) is 0 Å². The third kappa shape index (κ3) is 2.73. The van der Waals surface area contributed by atoms with Crippen LogP contribution in [0, 0.1) is 0 Å². The van der Waals surface area contributed by atoms with Gasteiger partial charge in [0.2, 0.25) is 5.91 Å². The summed E-state index contributed by atoms with van der Waals surface area (Å²) >= 11 is 0. The number of rotatable bonds is 4. The van der Waals surface area contributed by atoms with Gasteiger partial charge in [0.15, 0.2) is 0 Å². The Balaban J connectivity index is 3.08. The van der Waals surface area contributed by atoms with Gasteiger partial charge < -0.3 is 15.2 Å². The molecule has 2 N–H and O–H groups in total. The van der Waals surface area contributed by atoms with Gasteiger partial charge in [0.05, 0.1) is 18.4 Å². The van der Waals surface area contributed by atoms with Gasteiger partial charge in [0.25, 0.3) is 0 Å². The van der Waals surface area contributed by atoms with Crippen molar-refractivity contribution >= 4 is 17.6 Å². The molecule has 0 aliphatic heterocycles. The summed E-state index contributed by atoms with van der Waals surface area (Å²) in [4.78, 5) is 22.1. The van der Waals surface area contributed by atoms with Crippen molar-refractivity contribution in [2.75, 3.05) is 12.4 Å². The number of carboxylic acids is 1. The average Bonchev–Trinajstić information content (AvgIpc) is 2.29. The minimum atomic E-state index is -1.11. The smallest absolute Gasteiger partial charge is 0.337 e. The lowest BCUT2D eigenvalue weighted by Gasteiger charge is -2.09. The highest BCUT2D eigenvalue weighted by molar-refractivity contribution is 6.00. The molecule has 0 saturated heterocycles. The second kappa shape index (κ2) is 5.16. The van der Waals surface area contributed by atoms with E-state index in [2.05, 4.69) is 5.32 Å². The molecule has 16 heavy (non-hydrogen) atoms. The fourth-order valence-electron chi connectivity index (χ4n) is 1.17. The van der Waals surface area contributed by atoms with Crippen LogP contribution in [0.25, 0.3) is 0 Å². The molecule has 0 saturated carbocycles. The summed E-state index contributed by atoms with van der Waals surface area (Å²) in [6.45, 7) is 1.69. The van der Waals surface area contributed by atoms with Crippen LogP contribution in [0.3, 0.4) is 0 Å². The van der Waals surface area contributed by atoms with Crippen LogP contribution in [-0.4, -0.2) is 24.1 Å². The maximum Gasteiger partial charge on any atom is 0.337 e. The second-order valence-electron chi connectivity index (χ2n) is 3.12. The second-order valence-corrected chi connectivity index (χ2v) is 3.12. The van der Waals surface area contributed by atoms with Gasteiger partial charge in [-0.05, 0) is 18.2 Å². The largest absolute Gasteiger partial charge is 0.497 e. The summed E-state index contributed by atoms with van der Waals surface area (Å²) < 4.78 is 4.92. The number of carboxylic acid groups (broad SMARTS) is 1. The highest BCUT2D eigenvalue weighted by Crippen LogP contribution is 2.22. The number of nitrogens with one attached hydrogen (secondary N) is 1. The molecule has 0 aromatic heterocycles. The summed E-state index contributed by atoms with van der Waals surface area (Å²) in [6.07, 6.45) is 0.297. The molecule has 0 heterocycles. The Kier molecular flexibility index (Phi) is 3.88. The Morgan fingerprint density at radius 3 is 2.62 bits per heavy atom. The molecular formula is C11H13NO4. The summed E-state index contributed by atoms with van der Waals surface area (Å²) in [5.74, 6) is -0.898. The van der Waals surface area contributed by atoms with Crippen molar-refractivity contribution in [3.63, 3.8) is 0 Å². The number of aromatic carboxylic acids is 1. The van der Waals surface area contributed by atoms with E-state index >= 15 is 0 Å². The number of ether oxygens (including phenoxy) is 1. The quantitative estimate of drug-likeness (QED) is 0.815. The van der Waals surface area contributed by atoms with E-state index in [-0.39, 0.29) is 17.2 Å². The lowest BCUT2D eigenvalue weighted by molar-refractivity contribution is -0.115. The van der Waals surface area contributed by atoms with Crippen LogP contribution in [0.15, 0.2) is 18.2 Å². The SMILES string of the molecule is CCC(=O)Nc1ccc(OC)cc1C(=O)O. The van der Waals surface area contributed by atoms with Crippen LogP contribution in [0.2, 0.25) is 0 Å². The monoisotopic (exact) mass is 223 g/mol. The molecule has 1 amide bonds. The fraction of sp³-hybridized carbons (Fsp3) is 0.273. The standard InChI is InChI=1S/C11H13NO4/c1-3-10(13)12-9-5-4-7(16-2)6-8(9)11(14)15/h4-6H,3H2,1-2H3,(H,12,13)(H,14,15). The number of anilines is 1. The van der Waals surface area contributed by atoms with Crippen LogP contribution >= 0.6 is 0 Å². The number of hydrogen-bond acceptors (Lipinski definition) is 3. The van der Waals surface area contributed by atoms with Gasteiger partial charge in [0, 0.05) is 6.42 Å². The van der Waals surface area contributed by atoms with E-state index in [1.165, 1.54) is 19.2 Å². The Morgan fingerprint density at radius 2 is 2.12 bits per heavy atom. The zero-order valence-corrected chi connectivity index (χ0v) is 9.11. The molecule has 0 atom stereocenters. The predicted octanol–water partition coefficient (Wildman–Crippen LogP) is 1.74. The highest BCUT2D eigenvalue weighted by Gasteiger charge is 2.12. The number of benzene rings is 1. The first-order valence-corrected chi connectivity index (χ1v) is 4.79. The molecule has 0 unspecified atom stereocenters. The van der Waals surface area contributed by atoms with Crippen molar-refractivity contribution in [3.8, 4) is 5.75 Å². The molecule has 0 spiro atoms. The van der Waals surface area contributed by atoms with Crippen LogP contribution in [0.1, 0.15) is 23.7 Å². The van der Waals surface area contributed by atoms with E-state index < -0.39 is 5.97 Å². The van der Waals surface area contributed by atoms with Crippen LogP contribution in [0.4, 0.5) is 5.69 Å². The van der Waals surface area contributed by atoms with Crippen LogP contribution in [0.5, 0.6) is 5.75 Å². The highest BCUT2D eigenvalue weighted by atomic mass is 16.5. The molecule has 5 nitrogen and oxygen atoms in total. The lowest BCUT2D eigenvalue weighted by Crippen LogP contribution is -2.13. The number of amides is 1. The third-order valence-electron chi connectivity index (χ3n) is 2.05. The van der Waals surface area contributed by atoms with Crippen molar-refractivity contribution in [3.05, 3.63) is 23.8 Å². The van der Waals surface area contributed by atoms with Gasteiger partial charge in [-0.25, -0.2) is 4.79 Å². The van der Waals surface area contributed by atoms with Gasteiger partial charge in [0.1, 0.15) is 5.75 Å².